The van der Waals surface area contributed by atoms with Gasteiger partial charge in [0.05, 0.1) is 5.39 Å². The molecule has 2 aromatic rings. The van der Waals surface area contributed by atoms with E-state index in [0.29, 0.717) is 11.2 Å². The predicted octanol–water partition coefficient (Wildman–Crippen LogP) is 3.05. The average molecular weight is 381 g/mol. The number of aliphatic hydroxyl groups is 2. The highest BCUT2D eigenvalue weighted by atomic mass is 35.5. The molecule has 4 rings (SSSR count). The molecule has 0 amide bonds. The quantitative estimate of drug-likeness (QED) is 0.563. The lowest BCUT2D eigenvalue weighted by Crippen LogP contribution is -2.42. The lowest BCUT2D eigenvalue weighted by Gasteiger charge is -2.29. The van der Waals surface area contributed by atoms with Gasteiger partial charge in [0.15, 0.2) is 5.79 Å². The van der Waals surface area contributed by atoms with Crippen LogP contribution in [-0.4, -0.2) is 43.6 Å². The van der Waals surface area contributed by atoms with Crippen molar-refractivity contribution in [3.05, 3.63) is 23.2 Å². The summed E-state index contributed by atoms with van der Waals surface area (Å²) >= 11 is 6.23. The SMILES string of the molecule is CC(C)(O)O.Cc1cn(C2CCC(CC3CNC3)C2)c2ncnc(Cl)c12. The zero-order valence-electron chi connectivity index (χ0n) is 15.7. The molecule has 2 atom stereocenters. The van der Waals surface area contributed by atoms with Gasteiger partial charge in [-0.15, -0.1) is 0 Å². The number of nitrogens with one attached hydrogen (secondary N) is 1. The number of nitrogens with zero attached hydrogens (tertiary/aromatic N) is 3. The smallest absolute Gasteiger partial charge is 0.156 e. The van der Waals surface area contributed by atoms with E-state index in [-0.39, 0.29) is 0 Å². The van der Waals surface area contributed by atoms with E-state index in [1.807, 2.05) is 0 Å². The first-order valence-electron chi connectivity index (χ1n) is 9.35. The monoisotopic (exact) mass is 380 g/mol. The average Bonchev–Trinajstić information content (AvgIpc) is 3.07. The van der Waals surface area contributed by atoms with Gasteiger partial charge in [0, 0.05) is 12.2 Å². The summed E-state index contributed by atoms with van der Waals surface area (Å²) in [6.45, 7) is 7.13. The van der Waals surface area contributed by atoms with Crippen molar-refractivity contribution in [1.82, 2.24) is 19.9 Å². The van der Waals surface area contributed by atoms with Gasteiger partial charge in [0.25, 0.3) is 0 Å². The fourth-order valence-corrected chi connectivity index (χ4v) is 4.28. The molecule has 7 heteroatoms. The van der Waals surface area contributed by atoms with Gasteiger partial charge < -0.3 is 20.1 Å². The van der Waals surface area contributed by atoms with E-state index in [9.17, 15) is 0 Å². The number of aromatic nitrogens is 3. The normalized spacial score (nSPS) is 23.6. The Morgan fingerprint density at radius 2 is 1.92 bits per heavy atom. The first-order chi connectivity index (χ1) is 12.2. The number of aryl methyl sites for hydroxylation is 1. The summed E-state index contributed by atoms with van der Waals surface area (Å²) in [4.78, 5) is 8.59. The van der Waals surface area contributed by atoms with Crippen LogP contribution in [-0.2, 0) is 0 Å². The molecule has 0 aromatic carbocycles. The van der Waals surface area contributed by atoms with Crippen LogP contribution in [0.25, 0.3) is 11.0 Å². The molecule has 2 aromatic heterocycles. The summed E-state index contributed by atoms with van der Waals surface area (Å²) in [5.41, 5.74) is 2.19. The highest BCUT2D eigenvalue weighted by molar-refractivity contribution is 6.34. The second-order valence-corrected chi connectivity index (χ2v) is 8.53. The summed E-state index contributed by atoms with van der Waals surface area (Å²) < 4.78 is 2.34. The maximum absolute atomic E-state index is 8.08. The molecule has 144 valence electrons. The number of hydrogen-bond donors (Lipinski definition) is 3. The van der Waals surface area contributed by atoms with Crippen molar-refractivity contribution < 1.29 is 10.2 Å². The van der Waals surface area contributed by atoms with E-state index >= 15 is 0 Å². The number of fused-ring (bicyclic) bond motifs is 1. The molecule has 3 N–H and O–H groups in total. The van der Waals surface area contributed by atoms with E-state index in [0.717, 1.165) is 22.9 Å². The van der Waals surface area contributed by atoms with Crippen LogP contribution >= 0.6 is 11.6 Å². The molecule has 1 saturated carbocycles. The lowest BCUT2D eigenvalue weighted by molar-refractivity contribution is -0.127. The van der Waals surface area contributed by atoms with Crippen LogP contribution in [0.3, 0.4) is 0 Å². The molecule has 2 fully saturated rings. The summed E-state index contributed by atoms with van der Waals surface area (Å²) in [5, 5.41) is 21.1. The molecule has 1 saturated heterocycles. The van der Waals surface area contributed by atoms with Crippen LogP contribution in [0.4, 0.5) is 0 Å². The summed E-state index contributed by atoms with van der Waals surface area (Å²) in [5.74, 6) is 0.283. The summed E-state index contributed by atoms with van der Waals surface area (Å²) in [6.07, 6.45) is 9.06. The maximum atomic E-state index is 8.08. The highest BCUT2D eigenvalue weighted by Gasteiger charge is 2.30. The first-order valence-corrected chi connectivity index (χ1v) is 9.73. The summed E-state index contributed by atoms with van der Waals surface area (Å²) in [7, 11) is 0. The molecule has 0 radical (unpaired) electrons. The van der Waals surface area contributed by atoms with Crippen molar-refractivity contribution in [2.75, 3.05) is 13.1 Å². The van der Waals surface area contributed by atoms with Crippen LogP contribution in [0.1, 0.15) is 51.1 Å². The second-order valence-electron chi connectivity index (χ2n) is 8.17. The molecule has 3 heterocycles. The first kappa shape index (κ1) is 19.5. The third-order valence-corrected chi connectivity index (χ3v) is 5.48. The van der Waals surface area contributed by atoms with E-state index in [2.05, 4.69) is 33.0 Å². The Bertz CT molecular complexity index is 746. The minimum absolute atomic E-state index is 0.574. The predicted molar refractivity (Wildman–Crippen MR) is 103 cm³/mol. The van der Waals surface area contributed by atoms with Gasteiger partial charge in [0.1, 0.15) is 17.1 Å². The van der Waals surface area contributed by atoms with E-state index in [4.69, 9.17) is 21.8 Å². The van der Waals surface area contributed by atoms with Crippen molar-refractivity contribution in [2.45, 2.75) is 58.3 Å². The molecular formula is C19H29ClN4O2. The molecule has 2 aliphatic rings. The zero-order chi connectivity index (χ0) is 18.9. The Balaban J connectivity index is 0.000000349. The van der Waals surface area contributed by atoms with Crippen molar-refractivity contribution in [2.24, 2.45) is 11.8 Å². The maximum Gasteiger partial charge on any atom is 0.156 e. The molecule has 6 nitrogen and oxygen atoms in total. The largest absolute Gasteiger partial charge is 0.366 e. The Hall–Kier alpha value is -1.21. The molecule has 0 bridgehead atoms. The van der Waals surface area contributed by atoms with Gasteiger partial charge in [-0.3, -0.25) is 0 Å². The second kappa shape index (κ2) is 7.80. The van der Waals surface area contributed by atoms with Crippen LogP contribution in [0, 0.1) is 18.8 Å². The van der Waals surface area contributed by atoms with Gasteiger partial charge in [0.2, 0.25) is 0 Å². The topological polar surface area (TPSA) is 83.2 Å². The van der Waals surface area contributed by atoms with Gasteiger partial charge >= 0.3 is 0 Å². The lowest BCUT2D eigenvalue weighted by atomic mass is 9.89. The Morgan fingerprint density at radius 3 is 2.54 bits per heavy atom. The van der Waals surface area contributed by atoms with E-state index < -0.39 is 5.79 Å². The minimum Gasteiger partial charge on any atom is -0.366 e. The summed E-state index contributed by atoms with van der Waals surface area (Å²) in [6, 6.07) is 0.574. The van der Waals surface area contributed by atoms with Crippen LogP contribution < -0.4 is 5.32 Å². The minimum atomic E-state index is -1.50. The van der Waals surface area contributed by atoms with Crippen molar-refractivity contribution >= 4 is 22.6 Å². The molecule has 2 unspecified atom stereocenters. The molecule has 26 heavy (non-hydrogen) atoms. The van der Waals surface area contributed by atoms with Crippen LogP contribution in [0.15, 0.2) is 12.5 Å². The number of rotatable bonds is 3. The molecular weight excluding hydrogens is 352 g/mol. The fourth-order valence-electron chi connectivity index (χ4n) is 4.00. The Morgan fingerprint density at radius 1 is 1.23 bits per heavy atom. The van der Waals surface area contributed by atoms with Crippen LogP contribution in [0.5, 0.6) is 0 Å². The Labute approximate surface area is 159 Å². The van der Waals surface area contributed by atoms with Crippen molar-refractivity contribution in [1.29, 1.82) is 0 Å². The van der Waals surface area contributed by atoms with Crippen molar-refractivity contribution in [3.63, 3.8) is 0 Å². The van der Waals surface area contributed by atoms with E-state index in [1.165, 1.54) is 58.2 Å². The van der Waals surface area contributed by atoms with Crippen molar-refractivity contribution in [3.8, 4) is 0 Å². The fraction of sp³-hybridized carbons (Fsp3) is 0.684. The van der Waals surface area contributed by atoms with Gasteiger partial charge in [-0.2, -0.15) is 0 Å². The molecule has 1 aliphatic heterocycles. The Kier molecular flexibility index (Phi) is 5.87. The molecule has 0 spiro atoms. The van der Waals surface area contributed by atoms with E-state index in [1.54, 1.807) is 6.33 Å². The standard InChI is InChI=1S/C16H21ClN4.C3H8O2/c1-10-8-21(16-14(10)15(17)19-9-20-16)13-3-2-11(5-13)4-12-6-18-7-12;1-3(2,4)5/h8-9,11-13,18H,2-7H2,1H3;4-5H,1-2H3. The van der Waals surface area contributed by atoms with Gasteiger partial charge in [-0.25, -0.2) is 9.97 Å². The highest BCUT2D eigenvalue weighted by Crippen LogP contribution is 2.40. The third-order valence-electron chi connectivity index (χ3n) is 5.19. The van der Waals surface area contributed by atoms with Crippen LogP contribution in [0.2, 0.25) is 5.15 Å². The molecule has 1 aliphatic carbocycles. The van der Waals surface area contributed by atoms with Gasteiger partial charge in [-0.1, -0.05) is 11.6 Å². The number of halogens is 1. The zero-order valence-corrected chi connectivity index (χ0v) is 16.5. The number of hydrogen-bond acceptors (Lipinski definition) is 5. The third kappa shape index (κ3) is 4.74. The van der Waals surface area contributed by atoms with Gasteiger partial charge in [-0.05, 0) is 76.9 Å².